The van der Waals surface area contributed by atoms with Crippen LogP contribution in [0.5, 0.6) is 5.75 Å². The van der Waals surface area contributed by atoms with Crippen molar-refractivity contribution in [2.75, 3.05) is 0 Å². The number of hydrogen-bond donors (Lipinski definition) is 1. The van der Waals surface area contributed by atoms with E-state index in [1.54, 1.807) is 0 Å². The van der Waals surface area contributed by atoms with Crippen molar-refractivity contribution in [3.63, 3.8) is 0 Å². The van der Waals surface area contributed by atoms with E-state index in [0.717, 1.165) is 28.3 Å². The first-order valence-corrected chi connectivity index (χ1v) is 8.60. The summed E-state index contributed by atoms with van der Waals surface area (Å²) in [6.45, 7) is 4.08. The van der Waals surface area contributed by atoms with Crippen LogP contribution in [0.3, 0.4) is 0 Å². The first kappa shape index (κ1) is 15.2. The molecule has 2 aliphatic carbocycles. The standard InChI is InChI=1S/C18H26ClNO/c1-12-9-14(10-13(2)17(12)19)21-16-11-15(20)18(16)7-5-3-4-6-8-18/h9-10,15-16H,3-8,11,20H2,1-2H3. The minimum absolute atomic E-state index is 0.220. The van der Waals surface area contributed by atoms with Crippen LogP contribution in [-0.4, -0.2) is 12.1 Å². The van der Waals surface area contributed by atoms with Crippen LogP contribution in [-0.2, 0) is 0 Å². The molecule has 0 bridgehead atoms. The lowest BCUT2D eigenvalue weighted by atomic mass is 9.58. The van der Waals surface area contributed by atoms with Gasteiger partial charge in [-0.3, -0.25) is 0 Å². The highest BCUT2D eigenvalue weighted by Crippen LogP contribution is 2.51. The zero-order valence-corrected chi connectivity index (χ0v) is 13.9. The van der Waals surface area contributed by atoms with Crippen molar-refractivity contribution in [1.29, 1.82) is 0 Å². The van der Waals surface area contributed by atoms with Gasteiger partial charge in [0.05, 0.1) is 0 Å². The maximum atomic E-state index is 6.38. The molecule has 116 valence electrons. The van der Waals surface area contributed by atoms with E-state index in [4.69, 9.17) is 22.1 Å². The third-order valence-electron chi connectivity index (χ3n) is 5.57. The van der Waals surface area contributed by atoms with Crippen molar-refractivity contribution in [2.24, 2.45) is 11.1 Å². The van der Waals surface area contributed by atoms with E-state index < -0.39 is 0 Å². The molecule has 2 unspecified atom stereocenters. The third kappa shape index (κ3) is 2.68. The van der Waals surface area contributed by atoms with E-state index in [0.29, 0.717) is 6.04 Å². The van der Waals surface area contributed by atoms with E-state index in [9.17, 15) is 0 Å². The van der Waals surface area contributed by atoms with E-state index in [-0.39, 0.29) is 11.5 Å². The highest BCUT2D eigenvalue weighted by Gasteiger charge is 2.54. The Hall–Kier alpha value is -0.730. The summed E-state index contributed by atoms with van der Waals surface area (Å²) >= 11 is 6.25. The lowest BCUT2D eigenvalue weighted by Crippen LogP contribution is -2.63. The quantitative estimate of drug-likeness (QED) is 0.853. The fourth-order valence-electron chi connectivity index (χ4n) is 4.16. The second-order valence-corrected chi connectivity index (χ2v) is 7.35. The molecule has 2 saturated carbocycles. The van der Waals surface area contributed by atoms with Crippen LogP contribution in [0, 0.1) is 19.3 Å². The van der Waals surface area contributed by atoms with Gasteiger partial charge in [-0.2, -0.15) is 0 Å². The highest BCUT2D eigenvalue weighted by molar-refractivity contribution is 6.32. The molecule has 0 aliphatic heterocycles. The van der Waals surface area contributed by atoms with Crippen molar-refractivity contribution in [1.82, 2.24) is 0 Å². The van der Waals surface area contributed by atoms with Gasteiger partial charge in [-0.05, 0) is 49.9 Å². The molecule has 3 heteroatoms. The first-order chi connectivity index (χ1) is 10.0. The zero-order chi connectivity index (χ0) is 15.0. The summed E-state index contributed by atoms with van der Waals surface area (Å²) < 4.78 is 6.35. The lowest BCUT2D eigenvalue weighted by Gasteiger charge is -2.54. The molecule has 1 aromatic carbocycles. The Kier molecular flexibility index (Phi) is 4.20. The second-order valence-electron chi connectivity index (χ2n) is 6.97. The molecule has 1 spiro atoms. The molecule has 2 nitrogen and oxygen atoms in total. The van der Waals surface area contributed by atoms with Gasteiger partial charge < -0.3 is 10.5 Å². The predicted molar refractivity (Wildman–Crippen MR) is 88.1 cm³/mol. The van der Waals surface area contributed by atoms with Gasteiger partial charge in [0.2, 0.25) is 0 Å². The fourth-order valence-corrected chi connectivity index (χ4v) is 4.27. The second kappa shape index (κ2) is 5.81. The molecule has 2 atom stereocenters. The van der Waals surface area contributed by atoms with Crippen LogP contribution in [0.1, 0.15) is 56.1 Å². The molecule has 0 aromatic heterocycles. The monoisotopic (exact) mass is 307 g/mol. The van der Waals surface area contributed by atoms with Gasteiger partial charge in [-0.1, -0.05) is 37.3 Å². The summed E-state index contributed by atoms with van der Waals surface area (Å²) in [7, 11) is 0. The summed E-state index contributed by atoms with van der Waals surface area (Å²) in [4.78, 5) is 0. The van der Waals surface area contributed by atoms with E-state index in [1.807, 2.05) is 13.8 Å². The lowest BCUT2D eigenvalue weighted by molar-refractivity contribution is -0.0770. The Morgan fingerprint density at radius 3 is 2.19 bits per heavy atom. The summed E-state index contributed by atoms with van der Waals surface area (Å²) in [5.74, 6) is 0.954. The van der Waals surface area contributed by atoms with Crippen LogP contribution >= 0.6 is 11.6 Å². The maximum Gasteiger partial charge on any atom is 0.120 e. The Balaban J connectivity index is 1.78. The molecular formula is C18H26ClNO. The summed E-state index contributed by atoms with van der Waals surface area (Å²) in [5, 5.41) is 0.844. The van der Waals surface area contributed by atoms with Gasteiger partial charge in [0, 0.05) is 22.9 Å². The van der Waals surface area contributed by atoms with Crippen molar-refractivity contribution >= 4 is 11.6 Å². The molecule has 21 heavy (non-hydrogen) atoms. The number of halogens is 1. The minimum atomic E-state index is 0.220. The average Bonchev–Trinajstić information content (AvgIpc) is 2.72. The van der Waals surface area contributed by atoms with Crippen LogP contribution in [0.25, 0.3) is 0 Å². The molecular weight excluding hydrogens is 282 g/mol. The van der Waals surface area contributed by atoms with Crippen LogP contribution in [0.4, 0.5) is 0 Å². The number of hydrogen-bond acceptors (Lipinski definition) is 2. The van der Waals surface area contributed by atoms with Crippen LogP contribution < -0.4 is 10.5 Å². The molecule has 1 aromatic rings. The topological polar surface area (TPSA) is 35.2 Å². The van der Waals surface area contributed by atoms with Crippen molar-refractivity contribution in [3.8, 4) is 5.75 Å². The molecule has 2 fully saturated rings. The Morgan fingerprint density at radius 1 is 1.10 bits per heavy atom. The van der Waals surface area contributed by atoms with Gasteiger partial charge in [0.1, 0.15) is 11.9 Å². The van der Waals surface area contributed by atoms with Crippen molar-refractivity contribution in [3.05, 3.63) is 28.3 Å². The summed E-state index contributed by atoms with van der Waals surface area (Å²) in [5.41, 5.74) is 8.78. The minimum Gasteiger partial charge on any atom is -0.490 e. The van der Waals surface area contributed by atoms with E-state index in [1.165, 1.54) is 38.5 Å². The number of aryl methyl sites for hydroxylation is 2. The Morgan fingerprint density at radius 2 is 1.67 bits per heavy atom. The zero-order valence-electron chi connectivity index (χ0n) is 13.1. The molecule has 0 amide bonds. The highest BCUT2D eigenvalue weighted by atomic mass is 35.5. The van der Waals surface area contributed by atoms with Crippen LogP contribution in [0.15, 0.2) is 12.1 Å². The number of ether oxygens (including phenoxy) is 1. The van der Waals surface area contributed by atoms with Gasteiger partial charge in [-0.25, -0.2) is 0 Å². The molecule has 2 aliphatic rings. The SMILES string of the molecule is Cc1cc(OC2CC(N)C23CCCCCC3)cc(C)c1Cl. The fraction of sp³-hybridized carbons (Fsp3) is 0.667. The molecule has 3 rings (SSSR count). The number of rotatable bonds is 2. The third-order valence-corrected chi connectivity index (χ3v) is 6.17. The van der Waals surface area contributed by atoms with Gasteiger partial charge >= 0.3 is 0 Å². The average molecular weight is 308 g/mol. The van der Waals surface area contributed by atoms with E-state index >= 15 is 0 Å². The van der Waals surface area contributed by atoms with Gasteiger partial charge in [-0.15, -0.1) is 0 Å². The maximum absolute atomic E-state index is 6.38. The summed E-state index contributed by atoms with van der Waals surface area (Å²) in [6, 6.07) is 4.43. The van der Waals surface area contributed by atoms with E-state index in [2.05, 4.69) is 12.1 Å². The largest absolute Gasteiger partial charge is 0.490 e. The smallest absolute Gasteiger partial charge is 0.120 e. The van der Waals surface area contributed by atoms with Crippen molar-refractivity contribution < 1.29 is 4.74 Å². The Bertz CT molecular complexity index is 497. The number of benzene rings is 1. The normalized spacial score (nSPS) is 28.0. The predicted octanol–water partition coefficient (Wildman–Crippen LogP) is 4.78. The van der Waals surface area contributed by atoms with Crippen molar-refractivity contribution in [2.45, 2.75) is 70.9 Å². The van der Waals surface area contributed by atoms with Crippen LogP contribution in [0.2, 0.25) is 5.02 Å². The Labute approximate surface area is 133 Å². The summed E-state index contributed by atoms with van der Waals surface area (Å²) in [6.07, 6.45) is 9.01. The van der Waals surface area contributed by atoms with Gasteiger partial charge in [0.25, 0.3) is 0 Å². The number of nitrogens with two attached hydrogens (primary N) is 1. The molecule has 0 saturated heterocycles. The molecule has 0 radical (unpaired) electrons. The molecule has 2 N–H and O–H groups in total. The molecule has 0 heterocycles. The van der Waals surface area contributed by atoms with Gasteiger partial charge in [0.15, 0.2) is 0 Å². The first-order valence-electron chi connectivity index (χ1n) is 8.22.